The van der Waals surface area contributed by atoms with Crippen molar-refractivity contribution >= 4 is 5.91 Å². The average molecular weight is 229 g/mol. The number of amides is 1. The molecule has 0 aromatic carbocycles. The second-order valence-electron chi connectivity index (χ2n) is 3.87. The van der Waals surface area contributed by atoms with Gasteiger partial charge in [-0.25, -0.2) is 0 Å². The molecule has 4 nitrogen and oxygen atoms in total. The van der Waals surface area contributed by atoms with Gasteiger partial charge in [0.25, 0.3) is 5.91 Å². The van der Waals surface area contributed by atoms with Gasteiger partial charge in [-0.1, -0.05) is 0 Å². The van der Waals surface area contributed by atoms with Crippen LogP contribution in [0.25, 0.3) is 0 Å². The van der Waals surface area contributed by atoms with Crippen molar-refractivity contribution in [3.8, 4) is 0 Å². The van der Waals surface area contributed by atoms with Crippen LogP contribution in [0, 0.1) is 0 Å². The molecule has 2 heterocycles. The summed E-state index contributed by atoms with van der Waals surface area (Å²) in [5.41, 5.74) is 1.85. The number of carbonyl (C=O) groups is 1. The summed E-state index contributed by atoms with van der Waals surface area (Å²) in [7, 11) is 1.86. The molecule has 0 saturated heterocycles. The van der Waals surface area contributed by atoms with Gasteiger partial charge in [-0.05, 0) is 36.2 Å². The molecule has 0 unspecified atom stereocenters. The number of nitrogens with one attached hydrogen (secondary N) is 1. The third kappa shape index (κ3) is 2.93. The van der Waals surface area contributed by atoms with Crippen LogP contribution in [0.3, 0.4) is 0 Å². The maximum absolute atomic E-state index is 11.8. The standard InChI is InChI=1S/C13H15N3O/c1-16-10-2-3-12(16)13(17)15-9-6-11-4-7-14-8-5-11/h2-5,7-8,10H,6,9H2,1H3,(H,15,17). The van der Waals surface area contributed by atoms with E-state index in [4.69, 9.17) is 0 Å². The van der Waals surface area contributed by atoms with Gasteiger partial charge in [0.15, 0.2) is 0 Å². The lowest BCUT2D eigenvalue weighted by Gasteiger charge is -2.05. The number of hydrogen-bond donors (Lipinski definition) is 1. The molecule has 0 radical (unpaired) electrons. The van der Waals surface area contributed by atoms with Crippen LogP contribution in [0.1, 0.15) is 16.1 Å². The first-order chi connectivity index (χ1) is 8.27. The van der Waals surface area contributed by atoms with Crippen molar-refractivity contribution in [2.45, 2.75) is 6.42 Å². The number of hydrogen-bond acceptors (Lipinski definition) is 2. The van der Waals surface area contributed by atoms with Crippen LogP contribution in [0.2, 0.25) is 0 Å². The summed E-state index contributed by atoms with van der Waals surface area (Å²) in [6.07, 6.45) is 6.19. The van der Waals surface area contributed by atoms with Crippen LogP contribution in [0.15, 0.2) is 42.9 Å². The van der Waals surface area contributed by atoms with Crippen LogP contribution in [0.4, 0.5) is 0 Å². The Hall–Kier alpha value is -2.10. The Morgan fingerprint density at radius 1 is 1.35 bits per heavy atom. The van der Waals surface area contributed by atoms with Gasteiger partial charge in [0.2, 0.25) is 0 Å². The molecule has 2 rings (SSSR count). The molecular weight excluding hydrogens is 214 g/mol. The summed E-state index contributed by atoms with van der Waals surface area (Å²) in [5, 5.41) is 2.89. The highest BCUT2D eigenvalue weighted by Crippen LogP contribution is 2.00. The Balaban J connectivity index is 1.84. The summed E-state index contributed by atoms with van der Waals surface area (Å²) >= 11 is 0. The molecular formula is C13H15N3O. The van der Waals surface area contributed by atoms with Crippen LogP contribution in [0.5, 0.6) is 0 Å². The zero-order chi connectivity index (χ0) is 12.1. The largest absolute Gasteiger partial charge is 0.350 e. The highest BCUT2D eigenvalue weighted by Gasteiger charge is 2.07. The Morgan fingerprint density at radius 3 is 2.76 bits per heavy atom. The van der Waals surface area contributed by atoms with Crippen molar-refractivity contribution in [1.29, 1.82) is 0 Å². The van der Waals surface area contributed by atoms with Crippen molar-refractivity contribution < 1.29 is 4.79 Å². The molecule has 1 amide bonds. The zero-order valence-electron chi connectivity index (χ0n) is 9.76. The van der Waals surface area contributed by atoms with Crippen LogP contribution in [-0.4, -0.2) is 22.0 Å². The SMILES string of the molecule is Cn1cccc1C(=O)NCCc1ccncc1. The second kappa shape index (κ2) is 5.30. The van der Waals surface area contributed by atoms with Gasteiger partial charge < -0.3 is 9.88 Å². The molecule has 0 atom stereocenters. The van der Waals surface area contributed by atoms with E-state index in [1.54, 1.807) is 12.4 Å². The van der Waals surface area contributed by atoms with Crippen molar-refractivity contribution in [2.75, 3.05) is 6.54 Å². The first-order valence-electron chi connectivity index (χ1n) is 5.56. The fourth-order valence-electron chi connectivity index (χ4n) is 1.66. The van der Waals surface area contributed by atoms with E-state index in [0.29, 0.717) is 12.2 Å². The Labute approximate surface area is 100 Å². The number of aromatic nitrogens is 2. The molecule has 0 fully saturated rings. The highest BCUT2D eigenvalue weighted by atomic mass is 16.1. The minimum Gasteiger partial charge on any atom is -0.350 e. The molecule has 88 valence electrons. The first-order valence-corrected chi connectivity index (χ1v) is 5.56. The molecule has 4 heteroatoms. The highest BCUT2D eigenvalue weighted by molar-refractivity contribution is 5.92. The summed E-state index contributed by atoms with van der Waals surface area (Å²) in [5.74, 6) is -0.0356. The summed E-state index contributed by atoms with van der Waals surface area (Å²) < 4.78 is 1.81. The average Bonchev–Trinajstić information content (AvgIpc) is 2.77. The van der Waals surface area contributed by atoms with E-state index in [-0.39, 0.29) is 5.91 Å². The molecule has 2 aromatic heterocycles. The molecule has 0 bridgehead atoms. The molecule has 1 N–H and O–H groups in total. The van der Waals surface area contributed by atoms with Gasteiger partial charge in [0.1, 0.15) is 5.69 Å². The number of aryl methyl sites for hydroxylation is 1. The molecule has 0 spiro atoms. The Morgan fingerprint density at radius 2 is 2.12 bits per heavy atom. The lowest BCUT2D eigenvalue weighted by molar-refractivity contribution is 0.0946. The van der Waals surface area contributed by atoms with E-state index in [0.717, 1.165) is 6.42 Å². The Kier molecular flexibility index (Phi) is 3.55. The number of rotatable bonds is 4. The van der Waals surface area contributed by atoms with Gasteiger partial charge in [-0.15, -0.1) is 0 Å². The van der Waals surface area contributed by atoms with Gasteiger partial charge in [0, 0.05) is 32.2 Å². The van der Waals surface area contributed by atoms with Crippen molar-refractivity contribution in [3.05, 3.63) is 54.1 Å². The summed E-state index contributed by atoms with van der Waals surface area (Å²) in [4.78, 5) is 15.7. The van der Waals surface area contributed by atoms with Gasteiger partial charge in [-0.3, -0.25) is 9.78 Å². The fourth-order valence-corrected chi connectivity index (χ4v) is 1.66. The minimum absolute atomic E-state index is 0.0356. The van der Waals surface area contributed by atoms with Gasteiger partial charge >= 0.3 is 0 Å². The second-order valence-corrected chi connectivity index (χ2v) is 3.87. The summed E-state index contributed by atoms with van der Waals surface area (Å²) in [6, 6.07) is 7.57. The number of carbonyl (C=O) groups excluding carboxylic acids is 1. The fraction of sp³-hybridized carbons (Fsp3) is 0.231. The Bertz CT molecular complexity index is 490. The van der Waals surface area contributed by atoms with E-state index in [9.17, 15) is 4.79 Å². The number of nitrogens with zero attached hydrogens (tertiary/aromatic N) is 2. The molecule has 0 aliphatic rings. The van der Waals surface area contributed by atoms with Crippen molar-refractivity contribution in [2.24, 2.45) is 7.05 Å². The quantitative estimate of drug-likeness (QED) is 0.861. The maximum atomic E-state index is 11.8. The normalized spacial score (nSPS) is 10.2. The minimum atomic E-state index is -0.0356. The van der Waals surface area contributed by atoms with E-state index in [2.05, 4.69) is 10.3 Å². The van der Waals surface area contributed by atoms with E-state index >= 15 is 0 Å². The van der Waals surface area contributed by atoms with Crippen LogP contribution in [-0.2, 0) is 13.5 Å². The maximum Gasteiger partial charge on any atom is 0.267 e. The van der Waals surface area contributed by atoms with Gasteiger partial charge in [0.05, 0.1) is 0 Å². The molecule has 17 heavy (non-hydrogen) atoms. The van der Waals surface area contributed by atoms with Crippen LogP contribution < -0.4 is 5.32 Å². The first kappa shape index (κ1) is 11.4. The lowest BCUT2D eigenvalue weighted by Crippen LogP contribution is -2.27. The molecule has 2 aromatic rings. The monoisotopic (exact) mass is 229 g/mol. The number of pyridine rings is 1. The smallest absolute Gasteiger partial charge is 0.267 e. The van der Waals surface area contributed by atoms with Crippen molar-refractivity contribution in [1.82, 2.24) is 14.9 Å². The third-order valence-corrected chi connectivity index (χ3v) is 2.62. The van der Waals surface area contributed by atoms with E-state index in [1.165, 1.54) is 5.56 Å². The van der Waals surface area contributed by atoms with Gasteiger partial charge in [-0.2, -0.15) is 0 Å². The van der Waals surface area contributed by atoms with E-state index in [1.807, 2.05) is 42.1 Å². The van der Waals surface area contributed by atoms with Crippen molar-refractivity contribution in [3.63, 3.8) is 0 Å². The molecule has 0 aliphatic heterocycles. The van der Waals surface area contributed by atoms with Crippen LogP contribution >= 0.6 is 0 Å². The summed E-state index contributed by atoms with van der Waals surface area (Å²) in [6.45, 7) is 0.633. The third-order valence-electron chi connectivity index (χ3n) is 2.62. The lowest BCUT2D eigenvalue weighted by atomic mass is 10.2. The molecule has 0 aliphatic carbocycles. The molecule has 0 saturated carbocycles. The predicted octanol–water partition coefficient (Wildman–Crippen LogP) is 1.39. The topological polar surface area (TPSA) is 46.9 Å². The predicted molar refractivity (Wildman–Crippen MR) is 65.7 cm³/mol. The van der Waals surface area contributed by atoms with E-state index < -0.39 is 0 Å². The zero-order valence-corrected chi connectivity index (χ0v) is 9.76.